The molecule has 0 bridgehead atoms. The van der Waals surface area contributed by atoms with Gasteiger partial charge in [-0.3, -0.25) is 4.79 Å². The SMILES string of the molecule is O=C(Nc1ccc(F)c(F)c1)c1cc(-c2cccc(Cl)c2)on1. The number of aromatic nitrogens is 1. The Kier molecular flexibility index (Phi) is 4.08. The van der Waals surface area contributed by atoms with Crippen LogP contribution in [-0.4, -0.2) is 11.1 Å². The lowest BCUT2D eigenvalue weighted by atomic mass is 10.1. The van der Waals surface area contributed by atoms with Gasteiger partial charge in [-0.05, 0) is 24.3 Å². The second kappa shape index (κ2) is 6.18. The Labute approximate surface area is 134 Å². The minimum atomic E-state index is -1.05. The lowest BCUT2D eigenvalue weighted by Crippen LogP contribution is -2.12. The van der Waals surface area contributed by atoms with Crippen LogP contribution in [0.15, 0.2) is 53.1 Å². The van der Waals surface area contributed by atoms with Gasteiger partial charge in [-0.25, -0.2) is 8.78 Å². The van der Waals surface area contributed by atoms with Gasteiger partial charge in [-0.1, -0.05) is 28.9 Å². The highest BCUT2D eigenvalue weighted by Gasteiger charge is 2.15. The summed E-state index contributed by atoms with van der Waals surface area (Å²) in [5.74, 6) is -2.29. The van der Waals surface area contributed by atoms with Gasteiger partial charge in [0, 0.05) is 28.4 Å². The van der Waals surface area contributed by atoms with Gasteiger partial charge < -0.3 is 9.84 Å². The Morgan fingerprint density at radius 2 is 1.91 bits per heavy atom. The Morgan fingerprint density at radius 1 is 1.09 bits per heavy atom. The molecule has 4 nitrogen and oxygen atoms in total. The molecule has 0 saturated carbocycles. The summed E-state index contributed by atoms with van der Waals surface area (Å²) in [5, 5.41) is 6.59. The molecule has 0 aliphatic carbocycles. The van der Waals surface area contributed by atoms with Crippen molar-refractivity contribution in [2.45, 2.75) is 0 Å². The van der Waals surface area contributed by atoms with Crippen molar-refractivity contribution in [3.63, 3.8) is 0 Å². The van der Waals surface area contributed by atoms with Crippen molar-refractivity contribution in [2.24, 2.45) is 0 Å². The average molecular weight is 335 g/mol. The average Bonchev–Trinajstić information content (AvgIpc) is 3.01. The number of rotatable bonds is 3. The van der Waals surface area contributed by atoms with Gasteiger partial charge in [0.05, 0.1) is 0 Å². The number of carbonyl (C=O) groups excluding carboxylic acids is 1. The van der Waals surface area contributed by atoms with E-state index in [2.05, 4.69) is 10.5 Å². The zero-order chi connectivity index (χ0) is 16.4. The number of nitrogens with zero attached hydrogens (tertiary/aromatic N) is 1. The number of amides is 1. The summed E-state index contributed by atoms with van der Waals surface area (Å²) in [4.78, 5) is 12.0. The van der Waals surface area contributed by atoms with Gasteiger partial charge in [-0.2, -0.15) is 0 Å². The van der Waals surface area contributed by atoms with E-state index in [1.54, 1.807) is 24.3 Å². The molecule has 0 radical (unpaired) electrons. The summed E-state index contributed by atoms with van der Waals surface area (Å²) in [6.45, 7) is 0. The Morgan fingerprint density at radius 3 is 2.65 bits per heavy atom. The summed E-state index contributed by atoms with van der Waals surface area (Å²) < 4.78 is 31.1. The van der Waals surface area contributed by atoms with Crippen LogP contribution in [0.3, 0.4) is 0 Å². The maximum absolute atomic E-state index is 13.1. The second-order valence-corrected chi connectivity index (χ2v) is 5.11. The lowest BCUT2D eigenvalue weighted by Gasteiger charge is -2.02. The van der Waals surface area contributed by atoms with Crippen LogP contribution in [0.25, 0.3) is 11.3 Å². The maximum atomic E-state index is 13.1. The quantitative estimate of drug-likeness (QED) is 0.766. The van der Waals surface area contributed by atoms with Gasteiger partial charge in [0.2, 0.25) is 0 Å². The van der Waals surface area contributed by atoms with E-state index in [9.17, 15) is 13.6 Å². The summed E-state index contributed by atoms with van der Waals surface area (Å²) in [5.41, 5.74) is 0.780. The second-order valence-electron chi connectivity index (χ2n) is 4.67. The zero-order valence-electron chi connectivity index (χ0n) is 11.5. The zero-order valence-corrected chi connectivity index (χ0v) is 12.3. The smallest absolute Gasteiger partial charge is 0.277 e. The largest absolute Gasteiger partial charge is 0.355 e. The van der Waals surface area contributed by atoms with Crippen LogP contribution < -0.4 is 5.32 Å². The predicted molar refractivity (Wildman–Crippen MR) is 81.3 cm³/mol. The summed E-state index contributed by atoms with van der Waals surface area (Å²) in [6.07, 6.45) is 0. The molecular formula is C16H9ClF2N2O2. The third-order valence-corrected chi connectivity index (χ3v) is 3.26. The van der Waals surface area contributed by atoms with Crippen LogP contribution in [-0.2, 0) is 0 Å². The molecule has 0 aliphatic rings. The van der Waals surface area contributed by atoms with Crippen molar-refractivity contribution in [3.05, 3.63) is 70.9 Å². The van der Waals surface area contributed by atoms with Gasteiger partial charge in [0.1, 0.15) is 0 Å². The van der Waals surface area contributed by atoms with E-state index in [0.29, 0.717) is 16.3 Å². The van der Waals surface area contributed by atoms with Crippen molar-refractivity contribution in [3.8, 4) is 11.3 Å². The number of anilines is 1. The van der Waals surface area contributed by atoms with Crippen molar-refractivity contribution in [1.29, 1.82) is 0 Å². The van der Waals surface area contributed by atoms with E-state index in [1.165, 1.54) is 12.1 Å². The third kappa shape index (κ3) is 3.37. The molecule has 1 N–H and O–H groups in total. The lowest BCUT2D eigenvalue weighted by molar-refractivity contribution is 0.101. The van der Waals surface area contributed by atoms with Crippen LogP contribution >= 0.6 is 11.6 Å². The molecule has 7 heteroatoms. The van der Waals surface area contributed by atoms with Gasteiger partial charge in [-0.15, -0.1) is 0 Å². The minimum absolute atomic E-state index is 0.00436. The molecule has 2 aromatic carbocycles. The van der Waals surface area contributed by atoms with Crippen molar-refractivity contribution in [1.82, 2.24) is 5.16 Å². The molecule has 23 heavy (non-hydrogen) atoms. The molecular weight excluding hydrogens is 326 g/mol. The van der Waals surface area contributed by atoms with E-state index >= 15 is 0 Å². The Bertz CT molecular complexity index is 880. The Balaban J connectivity index is 1.79. The minimum Gasteiger partial charge on any atom is -0.355 e. The number of nitrogens with one attached hydrogen (secondary N) is 1. The molecule has 0 saturated heterocycles. The fourth-order valence-corrected chi connectivity index (χ4v) is 2.12. The molecule has 3 aromatic rings. The first-order chi connectivity index (χ1) is 11.0. The third-order valence-electron chi connectivity index (χ3n) is 3.03. The van der Waals surface area contributed by atoms with Crippen LogP contribution in [0, 0.1) is 11.6 Å². The number of benzene rings is 2. The predicted octanol–water partition coefficient (Wildman–Crippen LogP) is 4.53. The molecule has 116 valence electrons. The number of hydrogen-bond acceptors (Lipinski definition) is 3. The molecule has 0 unspecified atom stereocenters. The van der Waals surface area contributed by atoms with Gasteiger partial charge >= 0.3 is 0 Å². The van der Waals surface area contributed by atoms with Gasteiger partial charge in [0.25, 0.3) is 5.91 Å². The monoisotopic (exact) mass is 334 g/mol. The fourth-order valence-electron chi connectivity index (χ4n) is 1.93. The highest BCUT2D eigenvalue weighted by Crippen LogP contribution is 2.24. The van der Waals surface area contributed by atoms with Crippen LogP contribution in [0.2, 0.25) is 5.02 Å². The molecule has 0 atom stereocenters. The van der Waals surface area contributed by atoms with Crippen LogP contribution in [0.4, 0.5) is 14.5 Å². The highest BCUT2D eigenvalue weighted by atomic mass is 35.5. The first-order valence-electron chi connectivity index (χ1n) is 6.52. The first-order valence-corrected chi connectivity index (χ1v) is 6.90. The van der Waals surface area contributed by atoms with E-state index in [0.717, 1.165) is 12.1 Å². The molecule has 0 fully saturated rings. The molecule has 0 aliphatic heterocycles. The topological polar surface area (TPSA) is 55.1 Å². The fraction of sp³-hybridized carbons (Fsp3) is 0. The van der Waals surface area contributed by atoms with E-state index in [-0.39, 0.29) is 11.4 Å². The van der Waals surface area contributed by atoms with Crippen molar-refractivity contribution in [2.75, 3.05) is 5.32 Å². The molecule has 3 rings (SSSR count). The highest BCUT2D eigenvalue weighted by molar-refractivity contribution is 6.30. The molecule has 0 spiro atoms. The first kappa shape index (κ1) is 15.2. The number of carbonyl (C=O) groups is 1. The summed E-state index contributed by atoms with van der Waals surface area (Å²) in [7, 11) is 0. The van der Waals surface area contributed by atoms with E-state index < -0.39 is 17.5 Å². The maximum Gasteiger partial charge on any atom is 0.277 e. The molecule has 1 heterocycles. The van der Waals surface area contributed by atoms with E-state index in [4.69, 9.17) is 16.1 Å². The normalized spacial score (nSPS) is 10.6. The van der Waals surface area contributed by atoms with E-state index in [1.807, 2.05) is 0 Å². The van der Waals surface area contributed by atoms with Crippen molar-refractivity contribution >= 4 is 23.2 Å². The van der Waals surface area contributed by atoms with Gasteiger partial charge in [0.15, 0.2) is 23.1 Å². The number of halogens is 3. The molecule has 1 aromatic heterocycles. The Hall–Kier alpha value is -2.73. The summed E-state index contributed by atoms with van der Waals surface area (Å²) in [6, 6.07) is 11.3. The number of hydrogen-bond donors (Lipinski definition) is 1. The van der Waals surface area contributed by atoms with Crippen LogP contribution in [0.1, 0.15) is 10.5 Å². The van der Waals surface area contributed by atoms with Crippen molar-refractivity contribution < 1.29 is 18.1 Å². The summed E-state index contributed by atoms with van der Waals surface area (Å²) >= 11 is 5.89. The van der Waals surface area contributed by atoms with Crippen LogP contribution in [0.5, 0.6) is 0 Å². The molecule has 1 amide bonds. The standard InChI is InChI=1S/C16H9ClF2N2O2/c17-10-3-1-2-9(6-10)15-8-14(21-23-15)16(22)20-11-4-5-12(18)13(19)7-11/h1-8H,(H,20,22).